The summed E-state index contributed by atoms with van der Waals surface area (Å²) in [7, 11) is 3.83. The number of hydrogen-bond donors (Lipinski definition) is 1. The fraction of sp³-hybridized carbons (Fsp3) is 0.289. The number of carbonyl (C=O) groups excluding carboxylic acids is 1. The first kappa shape index (κ1) is 32.8. The fourth-order valence-electron chi connectivity index (χ4n) is 7.37. The van der Waals surface area contributed by atoms with Gasteiger partial charge in [-0.25, -0.2) is 4.79 Å². The molecule has 0 saturated carbocycles. The summed E-state index contributed by atoms with van der Waals surface area (Å²) in [6.45, 7) is 8.91. The van der Waals surface area contributed by atoms with Crippen molar-refractivity contribution in [3.8, 4) is 16.9 Å². The first-order valence-corrected chi connectivity index (χ1v) is 17.0. The van der Waals surface area contributed by atoms with Crippen LogP contribution in [0.2, 0.25) is 10.0 Å². The van der Waals surface area contributed by atoms with Crippen molar-refractivity contribution >= 4 is 62.6 Å². The highest BCUT2D eigenvalue weighted by molar-refractivity contribution is 6.35. The Bertz CT molecular complexity index is 2330. The van der Waals surface area contributed by atoms with E-state index < -0.39 is 5.97 Å². The number of carboxylic acids is 1. The van der Waals surface area contributed by atoms with Crippen molar-refractivity contribution in [1.29, 1.82) is 0 Å². The van der Waals surface area contributed by atoms with Crippen LogP contribution in [0.4, 0.5) is 5.69 Å². The van der Waals surface area contributed by atoms with Gasteiger partial charge in [0.05, 0.1) is 34.1 Å². The Kier molecular flexibility index (Phi) is 8.24. The highest BCUT2D eigenvalue weighted by atomic mass is 35.5. The number of carbonyl (C=O) groups is 2. The molecule has 1 amide bonds. The van der Waals surface area contributed by atoms with Crippen molar-refractivity contribution < 1.29 is 19.4 Å². The summed E-state index contributed by atoms with van der Waals surface area (Å²) in [6, 6.07) is 14.5. The van der Waals surface area contributed by atoms with Crippen molar-refractivity contribution in [1.82, 2.24) is 18.9 Å². The Morgan fingerprint density at radius 2 is 1.76 bits per heavy atom. The maximum Gasteiger partial charge on any atom is 0.335 e. The van der Waals surface area contributed by atoms with E-state index in [1.165, 1.54) is 0 Å². The molecule has 6 aromatic rings. The topological polar surface area (TPSA) is 94.5 Å². The van der Waals surface area contributed by atoms with E-state index in [0.29, 0.717) is 52.8 Å². The number of benzene rings is 3. The molecule has 0 saturated heterocycles. The van der Waals surface area contributed by atoms with Gasteiger partial charge in [0.2, 0.25) is 0 Å². The van der Waals surface area contributed by atoms with E-state index >= 15 is 0 Å². The number of hydrogen-bond acceptors (Lipinski definition) is 4. The largest absolute Gasteiger partial charge is 0.494 e. The highest BCUT2D eigenvalue weighted by Gasteiger charge is 2.37. The number of halogens is 2. The van der Waals surface area contributed by atoms with Crippen LogP contribution >= 0.6 is 23.2 Å². The second kappa shape index (κ2) is 12.3. The van der Waals surface area contributed by atoms with E-state index in [1.54, 1.807) is 23.1 Å². The van der Waals surface area contributed by atoms with Gasteiger partial charge < -0.3 is 23.9 Å². The minimum atomic E-state index is -1.01. The van der Waals surface area contributed by atoms with E-state index in [9.17, 15) is 14.7 Å². The molecule has 7 rings (SSSR count). The normalized spacial score (nSPS) is 14.7. The Labute approximate surface area is 294 Å². The molecule has 49 heavy (non-hydrogen) atoms. The van der Waals surface area contributed by atoms with Gasteiger partial charge in [0.25, 0.3) is 5.91 Å². The predicted octanol–water partition coefficient (Wildman–Crippen LogP) is 8.70. The lowest BCUT2D eigenvalue weighted by Gasteiger charge is -2.34. The number of carboxylic acid groups (broad SMARTS) is 1. The average Bonchev–Trinajstić information content (AvgIpc) is 3.66. The van der Waals surface area contributed by atoms with Gasteiger partial charge in [-0.3, -0.25) is 9.48 Å². The van der Waals surface area contributed by atoms with Gasteiger partial charge in [0.1, 0.15) is 11.4 Å². The second-order valence-electron chi connectivity index (χ2n) is 13.0. The maximum absolute atomic E-state index is 14.9. The van der Waals surface area contributed by atoms with Crippen molar-refractivity contribution in [2.75, 3.05) is 18.1 Å². The summed E-state index contributed by atoms with van der Waals surface area (Å²) in [4.78, 5) is 28.6. The molecule has 0 fully saturated rings. The lowest BCUT2D eigenvalue weighted by Crippen LogP contribution is -2.42. The summed E-state index contributed by atoms with van der Waals surface area (Å²) in [5.74, 6) is -0.415. The number of anilines is 1. The average molecular weight is 699 g/mol. The van der Waals surface area contributed by atoms with Gasteiger partial charge in [-0.15, -0.1) is 0 Å². The molecule has 9 nitrogen and oxygen atoms in total. The molecule has 1 N–H and O–H groups in total. The number of ether oxygens (including phenoxy) is 1. The molecule has 3 aromatic heterocycles. The molecule has 0 radical (unpaired) electrons. The number of aromatic carboxylic acids is 1. The number of nitrogens with zero attached hydrogens (tertiary/aromatic N) is 5. The minimum absolute atomic E-state index is 0.135. The standard InChI is InChI=1S/C38H37Cl2N5O4/c1-20-16-25(10-12-29(20)39)49-15-7-8-26-27-11-13-30(40)34(33-22(3)41-43(6)23(33)4)35(27)45-21(2)18-44(37(46)36(26)45)32-19-42(5)31-14-9-24(38(47)48)17-28(31)32/h9-14,16-17,19,21H,7-8,15,18H2,1-6H3,(H,47,48). The zero-order chi connectivity index (χ0) is 34.9. The Morgan fingerprint density at radius 1 is 1.00 bits per heavy atom. The number of aryl methyl sites for hydroxylation is 5. The van der Waals surface area contributed by atoms with Gasteiger partial charge in [-0.2, -0.15) is 5.10 Å². The van der Waals surface area contributed by atoms with Gasteiger partial charge >= 0.3 is 5.97 Å². The van der Waals surface area contributed by atoms with Gasteiger partial charge in [0.15, 0.2) is 0 Å². The highest BCUT2D eigenvalue weighted by Crippen LogP contribution is 2.45. The van der Waals surface area contributed by atoms with Crippen molar-refractivity contribution in [2.24, 2.45) is 14.1 Å². The van der Waals surface area contributed by atoms with Gasteiger partial charge in [-0.1, -0.05) is 29.3 Å². The SMILES string of the molecule is Cc1cc(OCCCc2c3n(c4c(-c5c(C)nn(C)c5C)c(Cl)ccc24)C(C)CN(c2cn(C)c4ccc(C(=O)O)cc24)C3=O)ccc1Cl. The molecule has 3 aromatic carbocycles. The number of amides is 1. The fourth-order valence-corrected chi connectivity index (χ4v) is 7.74. The van der Waals surface area contributed by atoms with E-state index in [0.717, 1.165) is 55.8 Å². The summed E-state index contributed by atoms with van der Waals surface area (Å²) in [5.41, 5.74) is 8.76. The summed E-state index contributed by atoms with van der Waals surface area (Å²) >= 11 is 13.3. The number of aromatic nitrogens is 4. The van der Waals surface area contributed by atoms with E-state index in [1.807, 2.05) is 80.6 Å². The van der Waals surface area contributed by atoms with Crippen LogP contribution in [-0.2, 0) is 20.5 Å². The third-order valence-electron chi connectivity index (χ3n) is 9.79. The van der Waals surface area contributed by atoms with Crippen molar-refractivity contribution in [3.05, 3.63) is 98.5 Å². The minimum Gasteiger partial charge on any atom is -0.494 e. The molecular weight excluding hydrogens is 661 g/mol. The van der Waals surface area contributed by atoms with E-state index in [2.05, 4.69) is 11.5 Å². The first-order chi connectivity index (χ1) is 23.4. The van der Waals surface area contributed by atoms with Crippen molar-refractivity contribution in [3.63, 3.8) is 0 Å². The smallest absolute Gasteiger partial charge is 0.335 e. The zero-order valence-electron chi connectivity index (χ0n) is 28.3. The molecule has 4 heterocycles. The third-order valence-corrected chi connectivity index (χ3v) is 10.5. The lowest BCUT2D eigenvalue weighted by atomic mass is 9.98. The van der Waals surface area contributed by atoms with Crippen LogP contribution in [0.3, 0.4) is 0 Å². The van der Waals surface area contributed by atoms with Crippen LogP contribution in [0.15, 0.2) is 54.7 Å². The summed E-state index contributed by atoms with van der Waals surface area (Å²) in [6.07, 6.45) is 3.16. The lowest BCUT2D eigenvalue weighted by molar-refractivity contribution is 0.0696. The molecule has 252 valence electrons. The molecule has 1 aliphatic heterocycles. The number of rotatable bonds is 8. The molecular formula is C38H37Cl2N5O4. The van der Waals surface area contributed by atoms with Crippen LogP contribution in [0.25, 0.3) is 32.9 Å². The molecule has 0 bridgehead atoms. The molecule has 0 aliphatic carbocycles. The zero-order valence-corrected chi connectivity index (χ0v) is 29.8. The molecule has 1 atom stereocenters. The molecule has 0 spiro atoms. The monoisotopic (exact) mass is 697 g/mol. The second-order valence-corrected chi connectivity index (χ2v) is 13.8. The van der Waals surface area contributed by atoms with Crippen LogP contribution in [0.1, 0.15) is 62.7 Å². The maximum atomic E-state index is 14.9. The Morgan fingerprint density at radius 3 is 2.45 bits per heavy atom. The van der Waals surface area contributed by atoms with E-state index in [-0.39, 0.29) is 17.5 Å². The van der Waals surface area contributed by atoms with Gasteiger partial charge in [0, 0.05) is 71.0 Å². The Hall–Kier alpha value is -4.73. The quantitative estimate of drug-likeness (QED) is 0.161. The van der Waals surface area contributed by atoms with Crippen LogP contribution < -0.4 is 9.64 Å². The van der Waals surface area contributed by atoms with Crippen LogP contribution in [0.5, 0.6) is 5.75 Å². The van der Waals surface area contributed by atoms with Crippen molar-refractivity contribution in [2.45, 2.75) is 46.6 Å². The summed E-state index contributed by atoms with van der Waals surface area (Å²) in [5, 5.41) is 17.4. The number of fused-ring (bicyclic) bond motifs is 4. The predicted molar refractivity (Wildman–Crippen MR) is 195 cm³/mol. The Balaban J connectivity index is 1.38. The molecule has 11 heteroatoms. The third kappa shape index (κ3) is 5.36. The van der Waals surface area contributed by atoms with Crippen LogP contribution in [-0.4, -0.2) is 49.0 Å². The summed E-state index contributed by atoms with van der Waals surface area (Å²) < 4.78 is 12.1. The van der Waals surface area contributed by atoms with E-state index in [4.69, 9.17) is 33.0 Å². The van der Waals surface area contributed by atoms with Crippen LogP contribution in [0, 0.1) is 20.8 Å². The molecule has 1 aliphatic rings. The first-order valence-electron chi connectivity index (χ1n) is 16.3. The molecule has 1 unspecified atom stereocenters. The van der Waals surface area contributed by atoms with Gasteiger partial charge in [-0.05, 0) is 94.1 Å².